The van der Waals surface area contributed by atoms with Gasteiger partial charge in [0.05, 0.1) is 24.0 Å². The van der Waals surface area contributed by atoms with Gasteiger partial charge in [-0.15, -0.1) is 0 Å². The molecule has 2 aromatic carbocycles. The largest absolute Gasteiger partial charge is 0.507 e. The monoisotopic (exact) mass is 479 g/mol. The van der Waals surface area contributed by atoms with E-state index in [-0.39, 0.29) is 16.6 Å². The Hall–Kier alpha value is -4.12. The number of hydrogen-bond donors (Lipinski definition) is 2. The number of hydrazone groups is 1. The number of aromatic nitrogens is 2. The van der Waals surface area contributed by atoms with E-state index in [0.29, 0.717) is 16.9 Å². The number of phenols is 1. The Bertz CT molecular complexity index is 1380. The molecule has 1 saturated heterocycles. The van der Waals surface area contributed by atoms with E-state index in [0.717, 1.165) is 16.8 Å². The molecule has 1 unspecified atom stereocenters. The number of aliphatic carboxylic acids is 1. The van der Waals surface area contributed by atoms with Gasteiger partial charge in [0.15, 0.2) is 10.9 Å². The van der Waals surface area contributed by atoms with Crippen molar-refractivity contribution in [1.29, 1.82) is 0 Å². The Morgan fingerprint density at radius 2 is 1.79 bits per heavy atom. The zero-order chi connectivity index (χ0) is 24.4. The molecule has 174 valence electrons. The highest BCUT2D eigenvalue weighted by Gasteiger charge is 2.40. The molecule has 11 heteroatoms. The van der Waals surface area contributed by atoms with Gasteiger partial charge >= 0.3 is 5.97 Å². The van der Waals surface area contributed by atoms with E-state index < -0.39 is 29.1 Å². The standard InChI is InChI=1S/C23H21N5O5S/c1-14-20(22(33)28(26(14)2)16-9-4-3-5-10-16)25-23-27(21(32)18(34-23)12-19(30)31)24-13-15-8-6-7-11-17(15)29/h3-11,13,18,29H,12H2,1-2H3,(H,30,31)/b24-13+,25-23?. The van der Waals surface area contributed by atoms with Crippen molar-refractivity contribution < 1.29 is 19.8 Å². The van der Waals surface area contributed by atoms with E-state index >= 15 is 0 Å². The van der Waals surface area contributed by atoms with E-state index in [1.54, 1.807) is 49.0 Å². The van der Waals surface area contributed by atoms with Crippen LogP contribution in [0.2, 0.25) is 0 Å². The molecule has 1 aromatic heterocycles. The molecule has 1 aliphatic heterocycles. The predicted molar refractivity (Wildman–Crippen MR) is 129 cm³/mol. The van der Waals surface area contributed by atoms with Gasteiger partial charge in [0.2, 0.25) is 0 Å². The van der Waals surface area contributed by atoms with Crippen LogP contribution in [0.1, 0.15) is 17.7 Å². The van der Waals surface area contributed by atoms with Crippen LogP contribution in [0.4, 0.5) is 5.69 Å². The average molecular weight is 480 g/mol. The third-order valence-corrected chi connectivity index (χ3v) is 6.38. The molecular weight excluding hydrogens is 458 g/mol. The zero-order valence-corrected chi connectivity index (χ0v) is 19.1. The van der Waals surface area contributed by atoms with E-state index in [1.165, 1.54) is 17.0 Å². The number of carboxylic acids is 1. The normalized spacial score (nSPS) is 17.2. The Morgan fingerprint density at radius 1 is 1.12 bits per heavy atom. The van der Waals surface area contributed by atoms with Crippen LogP contribution in [0.3, 0.4) is 0 Å². The van der Waals surface area contributed by atoms with Gasteiger partial charge < -0.3 is 10.2 Å². The molecule has 2 N–H and O–H groups in total. The summed E-state index contributed by atoms with van der Waals surface area (Å²) >= 11 is 0.930. The predicted octanol–water partition coefficient (Wildman–Crippen LogP) is 2.63. The minimum absolute atomic E-state index is 0.0317. The summed E-state index contributed by atoms with van der Waals surface area (Å²) in [6.45, 7) is 1.73. The molecule has 0 spiro atoms. The minimum Gasteiger partial charge on any atom is -0.507 e. The number of phenolic OH excluding ortho intramolecular Hbond substituents is 1. The van der Waals surface area contributed by atoms with Gasteiger partial charge in [-0.05, 0) is 31.2 Å². The highest BCUT2D eigenvalue weighted by molar-refractivity contribution is 8.15. The van der Waals surface area contributed by atoms with E-state index in [2.05, 4.69) is 10.1 Å². The van der Waals surface area contributed by atoms with Crippen LogP contribution in [0.5, 0.6) is 5.75 Å². The van der Waals surface area contributed by atoms with Crippen LogP contribution < -0.4 is 5.56 Å². The van der Waals surface area contributed by atoms with Crippen LogP contribution in [-0.4, -0.2) is 53.1 Å². The molecule has 0 saturated carbocycles. The lowest BCUT2D eigenvalue weighted by atomic mass is 10.2. The lowest BCUT2D eigenvalue weighted by Gasteiger charge is -2.09. The SMILES string of the molecule is Cc1c(N=C2SC(CC(=O)O)C(=O)N2/N=C/c2ccccc2O)c(=O)n(-c2ccccc2)n1C. The molecule has 0 radical (unpaired) electrons. The second-order valence-electron chi connectivity index (χ2n) is 7.46. The highest BCUT2D eigenvalue weighted by Crippen LogP contribution is 2.32. The van der Waals surface area contributed by atoms with Crippen molar-refractivity contribution in [2.45, 2.75) is 18.6 Å². The van der Waals surface area contributed by atoms with Crippen molar-refractivity contribution in [3.05, 3.63) is 76.2 Å². The van der Waals surface area contributed by atoms with Gasteiger partial charge in [-0.3, -0.25) is 19.1 Å². The number of para-hydroxylation sites is 2. The second kappa shape index (κ2) is 9.40. The summed E-state index contributed by atoms with van der Waals surface area (Å²) in [6.07, 6.45) is 0.861. The number of carboxylic acid groups (broad SMARTS) is 1. The summed E-state index contributed by atoms with van der Waals surface area (Å²) in [5.41, 5.74) is 1.29. The Labute approximate surface area is 198 Å². The summed E-state index contributed by atoms with van der Waals surface area (Å²) in [4.78, 5) is 41.8. The van der Waals surface area contributed by atoms with Gasteiger partial charge in [0.1, 0.15) is 11.0 Å². The maximum absolute atomic E-state index is 13.2. The first-order valence-electron chi connectivity index (χ1n) is 10.2. The van der Waals surface area contributed by atoms with E-state index in [9.17, 15) is 24.6 Å². The lowest BCUT2D eigenvalue weighted by Crippen LogP contribution is -2.28. The number of carbonyl (C=O) groups excluding carboxylic acids is 1. The fourth-order valence-electron chi connectivity index (χ4n) is 3.42. The van der Waals surface area contributed by atoms with Crippen molar-refractivity contribution in [2.75, 3.05) is 0 Å². The molecule has 0 aliphatic carbocycles. The van der Waals surface area contributed by atoms with Gasteiger partial charge in [0, 0.05) is 12.6 Å². The number of nitrogens with zero attached hydrogens (tertiary/aromatic N) is 5. The van der Waals surface area contributed by atoms with Crippen molar-refractivity contribution in [3.8, 4) is 11.4 Å². The van der Waals surface area contributed by atoms with Crippen LogP contribution in [0.15, 0.2) is 69.5 Å². The van der Waals surface area contributed by atoms with Crippen molar-refractivity contribution in [3.63, 3.8) is 0 Å². The molecule has 3 aromatic rings. The molecule has 1 atom stereocenters. The average Bonchev–Trinajstić information content (AvgIpc) is 3.21. The van der Waals surface area contributed by atoms with Crippen LogP contribution in [0.25, 0.3) is 5.69 Å². The highest BCUT2D eigenvalue weighted by atomic mass is 32.2. The fraction of sp³-hybridized carbons (Fsp3) is 0.174. The number of benzene rings is 2. The van der Waals surface area contributed by atoms with E-state index in [4.69, 9.17) is 0 Å². The first-order chi connectivity index (χ1) is 16.3. The number of thioether (sulfide) groups is 1. The molecule has 1 aliphatic rings. The number of aliphatic imine (C=N–C) groups is 1. The third-order valence-electron chi connectivity index (χ3n) is 5.25. The Kier molecular flexibility index (Phi) is 6.37. The summed E-state index contributed by atoms with van der Waals surface area (Å²) in [7, 11) is 1.72. The number of hydrogen-bond acceptors (Lipinski definition) is 7. The molecule has 1 fully saturated rings. The molecular formula is C23H21N5O5S. The first kappa shape index (κ1) is 23.1. The molecule has 0 bridgehead atoms. The topological polar surface area (TPSA) is 129 Å². The summed E-state index contributed by atoms with van der Waals surface area (Å²) in [5, 5.41) is 23.4. The van der Waals surface area contributed by atoms with Crippen LogP contribution in [0, 0.1) is 6.92 Å². The molecule has 4 rings (SSSR count). The zero-order valence-electron chi connectivity index (χ0n) is 18.3. The van der Waals surface area contributed by atoms with Gasteiger partial charge in [-0.1, -0.05) is 42.1 Å². The van der Waals surface area contributed by atoms with Gasteiger partial charge in [-0.25, -0.2) is 9.67 Å². The van der Waals surface area contributed by atoms with Crippen molar-refractivity contribution >= 4 is 40.7 Å². The maximum atomic E-state index is 13.2. The third kappa shape index (κ3) is 4.37. The molecule has 1 amide bonds. The van der Waals surface area contributed by atoms with Crippen molar-refractivity contribution in [2.24, 2.45) is 17.1 Å². The number of amidine groups is 1. The van der Waals surface area contributed by atoms with Gasteiger partial charge in [-0.2, -0.15) is 10.1 Å². The minimum atomic E-state index is -1.14. The summed E-state index contributed by atoms with van der Waals surface area (Å²) in [5.74, 6) is -1.75. The van der Waals surface area contributed by atoms with Crippen molar-refractivity contribution in [1.82, 2.24) is 14.4 Å². The number of carbonyl (C=O) groups is 2. The Morgan fingerprint density at radius 3 is 2.47 bits per heavy atom. The number of amides is 1. The number of rotatable bonds is 6. The molecule has 2 heterocycles. The lowest BCUT2D eigenvalue weighted by molar-refractivity contribution is -0.139. The molecule has 34 heavy (non-hydrogen) atoms. The first-order valence-corrected chi connectivity index (χ1v) is 11.1. The summed E-state index contributed by atoms with van der Waals surface area (Å²) < 4.78 is 3.11. The van der Waals surface area contributed by atoms with Crippen LogP contribution >= 0.6 is 11.8 Å². The van der Waals surface area contributed by atoms with E-state index in [1.807, 2.05) is 18.2 Å². The smallest absolute Gasteiger partial charge is 0.305 e. The summed E-state index contributed by atoms with van der Waals surface area (Å²) in [6, 6.07) is 15.5. The number of aromatic hydroxyl groups is 1. The second-order valence-corrected chi connectivity index (χ2v) is 8.63. The molecule has 10 nitrogen and oxygen atoms in total. The maximum Gasteiger partial charge on any atom is 0.305 e. The van der Waals surface area contributed by atoms with Gasteiger partial charge in [0.25, 0.3) is 11.5 Å². The Balaban J connectivity index is 1.78. The fourth-order valence-corrected chi connectivity index (χ4v) is 4.48. The van der Waals surface area contributed by atoms with Crippen LogP contribution in [-0.2, 0) is 16.6 Å². The quantitative estimate of drug-likeness (QED) is 0.523.